The third-order valence-corrected chi connectivity index (χ3v) is 4.40. The van der Waals surface area contributed by atoms with Gasteiger partial charge in [0.05, 0.1) is 21.3 Å². The lowest BCUT2D eigenvalue weighted by Crippen LogP contribution is -2.30. The maximum Gasteiger partial charge on any atom is 0.203 e. The van der Waals surface area contributed by atoms with Crippen LogP contribution in [0.3, 0.4) is 0 Å². The van der Waals surface area contributed by atoms with Gasteiger partial charge < -0.3 is 23.7 Å². The second kappa shape index (κ2) is 7.60. The topological polar surface area (TPSA) is 46.2 Å². The van der Waals surface area contributed by atoms with Crippen molar-refractivity contribution in [3.8, 4) is 28.7 Å². The SMILES string of the molecule is C=CCc1ccc2c(c1)OC(c1cc(OC)c(OC)c(OC)c1)C(C)O2. The maximum atomic E-state index is 6.28. The van der Waals surface area contributed by atoms with Crippen LogP contribution in [-0.4, -0.2) is 27.4 Å². The van der Waals surface area contributed by atoms with Crippen LogP contribution in [0, 0.1) is 0 Å². The van der Waals surface area contributed by atoms with Crippen LogP contribution in [0.4, 0.5) is 0 Å². The molecule has 5 nitrogen and oxygen atoms in total. The molecule has 0 N–H and O–H groups in total. The van der Waals surface area contributed by atoms with Gasteiger partial charge in [0.2, 0.25) is 5.75 Å². The highest BCUT2D eigenvalue weighted by Gasteiger charge is 2.31. The number of hydrogen-bond acceptors (Lipinski definition) is 5. The van der Waals surface area contributed by atoms with Gasteiger partial charge in [-0.15, -0.1) is 6.58 Å². The van der Waals surface area contributed by atoms with E-state index in [0.717, 1.165) is 29.0 Å². The Kier molecular flexibility index (Phi) is 5.26. The standard InChI is InChI=1S/C21H24O5/c1-6-7-14-8-9-16-17(10-14)26-20(13(2)25-16)15-11-18(22-3)21(24-5)19(12-15)23-4/h6,8-13,20H,1,7H2,2-5H3. The van der Waals surface area contributed by atoms with Gasteiger partial charge >= 0.3 is 0 Å². The minimum atomic E-state index is -0.296. The van der Waals surface area contributed by atoms with Crippen molar-refractivity contribution in [1.29, 1.82) is 0 Å². The molecule has 0 aromatic heterocycles. The molecule has 1 aliphatic rings. The van der Waals surface area contributed by atoms with Crippen LogP contribution in [0.2, 0.25) is 0 Å². The number of ether oxygens (including phenoxy) is 5. The summed E-state index contributed by atoms with van der Waals surface area (Å²) in [7, 11) is 4.78. The lowest BCUT2D eigenvalue weighted by molar-refractivity contribution is 0.0303. The van der Waals surface area contributed by atoms with Gasteiger partial charge in [0.15, 0.2) is 29.1 Å². The summed E-state index contributed by atoms with van der Waals surface area (Å²) in [6, 6.07) is 9.75. The summed E-state index contributed by atoms with van der Waals surface area (Å²) in [4.78, 5) is 0. The normalized spacial score (nSPS) is 18.2. The van der Waals surface area contributed by atoms with Gasteiger partial charge in [-0.3, -0.25) is 0 Å². The van der Waals surface area contributed by atoms with E-state index in [-0.39, 0.29) is 12.2 Å². The number of rotatable bonds is 6. The van der Waals surface area contributed by atoms with Crippen molar-refractivity contribution in [2.24, 2.45) is 0 Å². The van der Waals surface area contributed by atoms with E-state index in [0.29, 0.717) is 17.2 Å². The van der Waals surface area contributed by atoms with E-state index in [2.05, 4.69) is 6.58 Å². The molecule has 0 spiro atoms. The van der Waals surface area contributed by atoms with Crippen LogP contribution in [0.15, 0.2) is 43.0 Å². The molecule has 2 aromatic carbocycles. The van der Waals surface area contributed by atoms with Crippen molar-refractivity contribution in [3.05, 3.63) is 54.1 Å². The van der Waals surface area contributed by atoms with Gasteiger partial charge in [-0.25, -0.2) is 0 Å². The summed E-state index contributed by atoms with van der Waals surface area (Å²) >= 11 is 0. The Balaban J connectivity index is 1.99. The lowest BCUT2D eigenvalue weighted by Gasteiger charge is -2.33. The molecular weight excluding hydrogens is 332 g/mol. The Labute approximate surface area is 154 Å². The predicted molar refractivity (Wildman–Crippen MR) is 99.9 cm³/mol. The maximum absolute atomic E-state index is 6.28. The van der Waals surface area contributed by atoms with E-state index in [9.17, 15) is 0 Å². The first-order chi connectivity index (χ1) is 12.6. The van der Waals surface area contributed by atoms with E-state index in [4.69, 9.17) is 23.7 Å². The Hall–Kier alpha value is -2.82. The van der Waals surface area contributed by atoms with Crippen LogP contribution >= 0.6 is 0 Å². The van der Waals surface area contributed by atoms with Gasteiger partial charge in [-0.1, -0.05) is 12.1 Å². The molecule has 0 fully saturated rings. The summed E-state index contributed by atoms with van der Waals surface area (Å²) in [5, 5.41) is 0. The van der Waals surface area contributed by atoms with E-state index in [1.165, 1.54) is 0 Å². The minimum absolute atomic E-state index is 0.171. The van der Waals surface area contributed by atoms with Gasteiger partial charge in [0, 0.05) is 5.56 Å². The molecule has 2 atom stereocenters. The van der Waals surface area contributed by atoms with Gasteiger partial charge in [-0.2, -0.15) is 0 Å². The van der Waals surface area contributed by atoms with Crippen LogP contribution in [0.1, 0.15) is 24.2 Å². The third-order valence-electron chi connectivity index (χ3n) is 4.40. The van der Waals surface area contributed by atoms with Crippen molar-refractivity contribution in [2.45, 2.75) is 25.6 Å². The van der Waals surface area contributed by atoms with E-state index in [1.54, 1.807) is 21.3 Å². The summed E-state index contributed by atoms with van der Waals surface area (Å²) in [6.07, 6.45) is 2.18. The Morgan fingerprint density at radius 1 is 0.962 bits per heavy atom. The third kappa shape index (κ3) is 3.29. The molecule has 26 heavy (non-hydrogen) atoms. The van der Waals surface area contributed by atoms with E-state index < -0.39 is 0 Å². The highest BCUT2D eigenvalue weighted by atomic mass is 16.6. The number of methoxy groups -OCH3 is 3. The molecule has 3 rings (SSSR count). The van der Waals surface area contributed by atoms with Crippen molar-refractivity contribution in [2.75, 3.05) is 21.3 Å². The van der Waals surface area contributed by atoms with Crippen LogP contribution in [-0.2, 0) is 6.42 Å². The van der Waals surface area contributed by atoms with E-state index in [1.807, 2.05) is 43.3 Å². The van der Waals surface area contributed by atoms with Crippen molar-refractivity contribution in [3.63, 3.8) is 0 Å². The summed E-state index contributed by atoms with van der Waals surface area (Å²) in [5.74, 6) is 3.19. The molecule has 0 aliphatic carbocycles. The van der Waals surface area contributed by atoms with Crippen molar-refractivity contribution >= 4 is 0 Å². The minimum Gasteiger partial charge on any atom is -0.493 e. The molecule has 0 amide bonds. The first-order valence-corrected chi connectivity index (χ1v) is 8.48. The second-order valence-electron chi connectivity index (χ2n) is 6.09. The van der Waals surface area contributed by atoms with Gasteiger partial charge in [0.25, 0.3) is 0 Å². The average Bonchev–Trinajstić information content (AvgIpc) is 2.66. The molecule has 1 aliphatic heterocycles. The Morgan fingerprint density at radius 2 is 1.65 bits per heavy atom. The van der Waals surface area contributed by atoms with Crippen molar-refractivity contribution in [1.82, 2.24) is 0 Å². The summed E-state index contributed by atoms with van der Waals surface area (Å²) < 4.78 is 28.7. The van der Waals surface area contributed by atoms with Gasteiger partial charge in [0.1, 0.15) is 6.10 Å². The highest BCUT2D eigenvalue weighted by molar-refractivity contribution is 5.55. The van der Waals surface area contributed by atoms with E-state index >= 15 is 0 Å². The number of benzene rings is 2. The fourth-order valence-electron chi connectivity index (χ4n) is 3.13. The largest absolute Gasteiger partial charge is 0.493 e. The smallest absolute Gasteiger partial charge is 0.203 e. The molecular formula is C21H24O5. The lowest BCUT2D eigenvalue weighted by atomic mass is 10.0. The molecule has 138 valence electrons. The molecule has 2 aromatic rings. The van der Waals surface area contributed by atoms with Crippen LogP contribution in [0.5, 0.6) is 28.7 Å². The Morgan fingerprint density at radius 3 is 2.23 bits per heavy atom. The molecule has 0 saturated heterocycles. The molecule has 0 bridgehead atoms. The summed E-state index contributed by atoms with van der Waals surface area (Å²) in [5.41, 5.74) is 2.02. The molecule has 0 radical (unpaired) electrons. The van der Waals surface area contributed by atoms with Gasteiger partial charge in [-0.05, 0) is 43.2 Å². The zero-order chi connectivity index (χ0) is 18.7. The molecule has 1 heterocycles. The van der Waals surface area contributed by atoms with Crippen molar-refractivity contribution < 1.29 is 23.7 Å². The quantitative estimate of drug-likeness (QED) is 0.721. The zero-order valence-corrected chi connectivity index (χ0v) is 15.6. The fourth-order valence-corrected chi connectivity index (χ4v) is 3.13. The highest BCUT2D eigenvalue weighted by Crippen LogP contribution is 2.44. The first kappa shape index (κ1) is 18.0. The number of allylic oxidation sites excluding steroid dienone is 1. The number of fused-ring (bicyclic) bond motifs is 1. The van der Waals surface area contributed by atoms with Crippen LogP contribution in [0.25, 0.3) is 0 Å². The predicted octanol–water partition coefficient (Wildman–Crippen LogP) is 4.34. The first-order valence-electron chi connectivity index (χ1n) is 8.48. The molecule has 0 saturated carbocycles. The average molecular weight is 356 g/mol. The monoisotopic (exact) mass is 356 g/mol. The molecule has 2 unspecified atom stereocenters. The number of hydrogen-bond donors (Lipinski definition) is 0. The van der Waals surface area contributed by atoms with Crippen LogP contribution < -0.4 is 23.7 Å². The second-order valence-corrected chi connectivity index (χ2v) is 6.09. The molecule has 5 heteroatoms. The fraction of sp³-hybridized carbons (Fsp3) is 0.333. The zero-order valence-electron chi connectivity index (χ0n) is 15.6. The summed E-state index contributed by atoms with van der Waals surface area (Å²) in [6.45, 7) is 5.77. The Bertz CT molecular complexity index is 774.